The summed E-state index contributed by atoms with van der Waals surface area (Å²) in [4.78, 5) is 2.07. The van der Waals surface area contributed by atoms with Gasteiger partial charge < -0.3 is 9.84 Å². The smallest absolute Gasteiger partial charge is 0.163 e. The monoisotopic (exact) mass is 280 g/mol. The van der Waals surface area contributed by atoms with Crippen LogP contribution in [0.1, 0.15) is 42.3 Å². The van der Waals surface area contributed by atoms with Crippen LogP contribution in [0.3, 0.4) is 0 Å². The van der Waals surface area contributed by atoms with E-state index in [0.29, 0.717) is 11.4 Å². The lowest BCUT2D eigenvalue weighted by Gasteiger charge is -2.25. The first-order chi connectivity index (χ1) is 8.87. The standard InChI is InChI=1S/C14H20N2O2S/c1-9(2)16-13(11(18-5)8-15-16)14(4,17)12-7-6-10(3)19-12/h6-9,17H,1-5H3. The van der Waals surface area contributed by atoms with E-state index in [-0.39, 0.29) is 6.04 Å². The number of thiophene rings is 1. The van der Waals surface area contributed by atoms with Crippen molar-refractivity contribution in [2.45, 2.75) is 39.3 Å². The Morgan fingerprint density at radius 1 is 1.42 bits per heavy atom. The second-order valence-electron chi connectivity index (χ2n) is 5.08. The lowest BCUT2D eigenvalue weighted by atomic mass is 9.99. The minimum Gasteiger partial charge on any atom is -0.493 e. The molecule has 0 radical (unpaired) electrons. The van der Waals surface area contributed by atoms with Gasteiger partial charge in [-0.1, -0.05) is 0 Å². The van der Waals surface area contributed by atoms with Gasteiger partial charge in [0.2, 0.25) is 0 Å². The molecule has 2 heterocycles. The Labute approximate surface area is 117 Å². The lowest BCUT2D eigenvalue weighted by molar-refractivity contribution is 0.0905. The first kappa shape index (κ1) is 14.1. The molecule has 0 amide bonds. The summed E-state index contributed by atoms with van der Waals surface area (Å²) < 4.78 is 7.17. The predicted octanol–water partition coefficient (Wildman–Crippen LogP) is 3.10. The Morgan fingerprint density at radius 2 is 2.11 bits per heavy atom. The molecular formula is C14H20N2O2S. The molecule has 2 aromatic heterocycles. The molecule has 0 saturated heterocycles. The molecular weight excluding hydrogens is 260 g/mol. The fraction of sp³-hybridized carbons (Fsp3) is 0.500. The van der Waals surface area contributed by atoms with Gasteiger partial charge in [-0.05, 0) is 39.8 Å². The van der Waals surface area contributed by atoms with Crippen LogP contribution in [0.25, 0.3) is 0 Å². The highest BCUT2D eigenvalue weighted by Crippen LogP contribution is 2.39. The summed E-state index contributed by atoms with van der Waals surface area (Å²) in [7, 11) is 1.60. The molecule has 0 aliphatic carbocycles. The maximum atomic E-state index is 11.0. The van der Waals surface area contributed by atoms with Crippen LogP contribution in [0.2, 0.25) is 0 Å². The Balaban J connectivity index is 2.58. The highest BCUT2D eigenvalue weighted by Gasteiger charge is 2.35. The zero-order chi connectivity index (χ0) is 14.2. The van der Waals surface area contributed by atoms with Crippen molar-refractivity contribution in [3.8, 4) is 5.75 Å². The molecule has 2 aromatic rings. The van der Waals surface area contributed by atoms with Crippen molar-refractivity contribution in [1.82, 2.24) is 9.78 Å². The highest BCUT2D eigenvalue weighted by molar-refractivity contribution is 7.12. The van der Waals surface area contributed by atoms with E-state index in [1.807, 2.05) is 37.6 Å². The van der Waals surface area contributed by atoms with E-state index in [9.17, 15) is 5.11 Å². The fourth-order valence-electron chi connectivity index (χ4n) is 2.16. The summed E-state index contributed by atoms with van der Waals surface area (Å²) in [5.74, 6) is 0.616. The topological polar surface area (TPSA) is 47.3 Å². The molecule has 19 heavy (non-hydrogen) atoms. The van der Waals surface area contributed by atoms with E-state index in [4.69, 9.17) is 4.74 Å². The van der Waals surface area contributed by atoms with Crippen molar-refractivity contribution in [3.63, 3.8) is 0 Å². The van der Waals surface area contributed by atoms with Gasteiger partial charge in [-0.3, -0.25) is 4.68 Å². The number of methoxy groups -OCH3 is 1. The zero-order valence-electron chi connectivity index (χ0n) is 12.0. The molecule has 1 N–H and O–H groups in total. The minimum absolute atomic E-state index is 0.159. The van der Waals surface area contributed by atoms with Gasteiger partial charge in [0.25, 0.3) is 0 Å². The van der Waals surface area contributed by atoms with E-state index in [0.717, 1.165) is 4.88 Å². The first-order valence-electron chi connectivity index (χ1n) is 6.29. The van der Waals surface area contributed by atoms with Gasteiger partial charge in [0.15, 0.2) is 5.75 Å². The normalized spacial score (nSPS) is 14.7. The van der Waals surface area contributed by atoms with Crippen LogP contribution < -0.4 is 4.74 Å². The van der Waals surface area contributed by atoms with E-state index in [1.165, 1.54) is 4.88 Å². The molecule has 104 valence electrons. The number of aliphatic hydroxyl groups is 1. The van der Waals surface area contributed by atoms with Crippen molar-refractivity contribution >= 4 is 11.3 Å². The number of aromatic nitrogens is 2. The van der Waals surface area contributed by atoms with Crippen LogP contribution in [0.5, 0.6) is 5.75 Å². The molecule has 1 atom stereocenters. The van der Waals surface area contributed by atoms with Crippen LogP contribution in [0.15, 0.2) is 18.3 Å². The Hall–Kier alpha value is -1.33. The summed E-state index contributed by atoms with van der Waals surface area (Å²) in [5.41, 5.74) is -0.405. The molecule has 0 aromatic carbocycles. The number of nitrogens with zero attached hydrogens (tertiary/aromatic N) is 2. The largest absolute Gasteiger partial charge is 0.493 e. The van der Waals surface area contributed by atoms with Crippen molar-refractivity contribution in [2.24, 2.45) is 0 Å². The van der Waals surface area contributed by atoms with Crippen LogP contribution >= 0.6 is 11.3 Å². The summed E-state index contributed by atoms with van der Waals surface area (Å²) >= 11 is 1.59. The van der Waals surface area contributed by atoms with Gasteiger partial charge in [0.05, 0.1) is 13.3 Å². The van der Waals surface area contributed by atoms with E-state index in [2.05, 4.69) is 5.10 Å². The number of hydrogen-bond acceptors (Lipinski definition) is 4. The fourth-order valence-corrected chi connectivity index (χ4v) is 3.08. The molecule has 0 aliphatic rings. The Morgan fingerprint density at radius 3 is 2.58 bits per heavy atom. The number of hydrogen-bond donors (Lipinski definition) is 1. The van der Waals surface area contributed by atoms with Crippen molar-refractivity contribution in [2.75, 3.05) is 7.11 Å². The summed E-state index contributed by atoms with van der Waals surface area (Å²) in [6.45, 7) is 7.88. The molecule has 1 unspecified atom stereocenters. The van der Waals surface area contributed by atoms with Crippen molar-refractivity contribution < 1.29 is 9.84 Å². The minimum atomic E-state index is -1.11. The highest BCUT2D eigenvalue weighted by atomic mass is 32.1. The van der Waals surface area contributed by atoms with Gasteiger partial charge in [-0.15, -0.1) is 11.3 Å². The molecule has 0 saturated carbocycles. The Kier molecular flexibility index (Phi) is 3.69. The van der Waals surface area contributed by atoms with Gasteiger partial charge in [-0.2, -0.15) is 5.10 Å². The third kappa shape index (κ3) is 2.40. The summed E-state index contributed by atoms with van der Waals surface area (Å²) in [5, 5.41) is 15.3. The van der Waals surface area contributed by atoms with E-state index in [1.54, 1.807) is 31.6 Å². The molecule has 2 rings (SSSR count). The van der Waals surface area contributed by atoms with Gasteiger partial charge in [0.1, 0.15) is 11.3 Å². The average molecular weight is 280 g/mol. The quantitative estimate of drug-likeness (QED) is 0.936. The second-order valence-corrected chi connectivity index (χ2v) is 6.37. The predicted molar refractivity (Wildman–Crippen MR) is 76.9 cm³/mol. The van der Waals surface area contributed by atoms with Crippen LogP contribution in [0.4, 0.5) is 0 Å². The lowest BCUT2D eigenvalue weighted by Crippen LogP contribution is -2.27. The number of aryl methyl sites for hydroxylation is 1. The third-order valence-corrected chi connectivity index (χ3v) is 4.36. The van der Waals surface area contributed by atoms with Gasteiger partial charge >= 0.3 is 0 Å². The maximum Gasteiger partial charge on any atom is 0.163 e. The molecule has 0 aliphatic heterocycles. The molecule has 0 fully saturated rings. The van der Waals surface area contributed by atoms with E-state index < -0.39 is 5.60 Å². The van der Waals surface area contributed by atoms with Crippen LogP contribution in [0, 0.1) is 6.92 Å². The zero-order valence-corrected chi connectivity index (χ0v) is 12.8. The van der Waals surface area contributed by atoms with Crippen molar-refractivity contribution in [3.05, 3.63) is 33.8 Å². The maximum absolute atomic E-state index is 11.0. The number of rotatable bonds is 4. The average Bonchev–Trinajstić information content (AvgIpc) is 2.94. The van der Waals surface area contributed by atoms with Crippen LogP contribution in [-0.2, 0) is 5.60 Å². The number of ether oxygens (including phenoxy) is 1. The molecule has 5 heteroatoms. The molecule has 0 bridgehead atoms. The molecule has 0 spiro atoms. The second kappa shape index (κ2) is 4.98. The first-order valence-corrected chi connectivity index (χ1v) is 7.10. The third-order valence-electron chi connectivity index (χ3n) is 3.15. The SMILES string of the molecule is COc1cnn(C(C)C)c1C(C)(O)c1ccc(C)s1. The van der Waals surface area contributed by atoms with Gasteiger partial charge in [-0.25, -0.2) is 0 Å². The summed E-state index contributed by atoms with van der Waals surface area (Å²) in [6.07, 6.45) is 1.66. The molecule has 4 nitrogen and oxygen atoms in total. The Bertz CT molecular complexity index is 570. The van der Waals surface area contributed by atoms with Crippen LogP contribution in [-0.4, -0.2) is 22.0 Å². The van der Waals surface area contributed by atoms with Crippen molar-refractivity contribution in [1.29, 1.82) is 0 Å². The van der Waals surface area contributed by atoms with Gasteiger partial charge in [0, 0.05) is 15.8 Å². The summed E-state index contributed by atoms with van der Waals surface area (Å²) in [6, 6.07) is 4.13. The van der Waals surface area contributed by atoms with E-state index >= 15 is 0 Å².